The third-order valence-corrected chi connectivity index (χ3v) is 15.3. The molecule has 1 saturated heterocycles. The van der Waals surface area contributed by atoms with Gasteiger partial charge in [0, 0.05) is 18.2 Å². The van der Waals surface area contributed by atoms with E-state index < -0.39 is 49.7 Å². The lowest BCUT2D eigenvalue weighted by atomic mass is 9.83. The highest BCUT2D eigenvalue weighted by molar-refractivity contribution is 7.92. The zero-order chi connectivity index (χ0) is 43.8. The highest BCUT2D eigenvalue weighted by Crippen LogP contribution is 2.35. The fourth-order valence-electron chi connectivity index (χ4n) is 8.64. The molecule has 4 N–H and O–H groups in total. The van der Waals surface area contributed by atoms with Gasteiger partial charge in [0.15, 0.2) is 9.84 Å². The van der Waals surface area contributed by atoms with E-state index in [1.807, 2.05) is 27.7 Å². The van der Waals surface area contributed by atoms with Crippen LogP contribution in [0.15, 0.2) is 48.6 Å². The van der Waals surface area contributed by atoms with Crippen molar-refractivity contribution < 1.29 is 27.6 Å². The Balaban J connectivity index is 1.55. The Morgan fingerprint density at radius 3 is 2.15 bits per heavy atom. The zero-order valence-corrected chi connectivity index (χ0v) is 38.3. The number of hydrogen-bond acceptors (Lipinski definition) is 6. The Kier molecular flexibility index (Phi) is 16.5. The van der Waals surface area contributed by atoms with Crippen LogP contribution in [-0.4, -0.2) is 83.8 Å². The molecule has 1 aliphatic heterocycles. The molecule has 330 valence electrons. The number of nitrogens with zero attached hydrogens (tertiary/aromatic N) is 1. The lowest BCUT2D eigenvalue weighted by Gasteiger charge is -2.41. The average molecular weight is 838 g/mol. The van der Waals surface area contributed by atoms with Crippen molar-refractivity contribution in [3.8, 4) is 0 Å². The number of benzene rings is 1. The van der Waals surface area contributed by atoms with Gasteiger partial charge < -0.3 is 26.2 Å². The maximum absolute atomic E-state index is 14.9. The first kappa shape index (κ1) is 48.0. The number of amides is 5. The van der Waals surface area contributed by atoms with Gasteiger partial charge in [-0.2, -0.15) is 0 Å². The first-order valence-corrected chi connectivity index (χ1v) is 23.9. The Bertz CT molecular complexity index is 1780. The highest BCUT2D eigenvalue weighted by Gasteiger charge is 2.47. The van der Waals surface area contributed by atoms with Crippen molar-refractivity contribution in [1.29, 1.82) is 0 Å². The SMILES string of the molecule is C=C(CCCc1ccccc1CC)CC1CC(C(=O)NC(CCC)C(=C)C(=O)NC2CC2)N(C(=O)C(NC(=O)NC2(CS(=O)(=O)C(C)(C)C)CCCCC2)C(C)(C)C)C1. The zero-order valence-electron chi connectivity index (χ0n) is 37.4. The third-order valence-electron chi connectivity index (χ3n) is 12.5. The van der Waals surface area contributed by atoms with Crippen molar-refractivity contribution in [2.24, 2.45) is 11.3 Å². The van der Waals surface area contributed by atoms with Gasteiger partial charge >= 0.3 is 6.03 Å². The van der Waals surface area contributed by atoms with Crippen LogP contribution in [0.2, 0.25) is 0 Å². The summed E-state index contributed by atoms with van der Waals surface area (Å²) in [6.45, 7) is 23.6. The molecule has 1 aromatic rings. The second-order valence-corrected chi connectivity index (χ2v) is 22.5. The van der Waals surface area contributed by atoms with Crippen molar-refractivity contribution in [1.82, 2.24) is 26.2 Å². The summed E-state index contributed by atoms with van der Waals surface area (Å²) >= 11 is 0. The quantitative estimate of drug-likeness (QED) is 0.0838. The molecule has 1 aromatic carbocycles. The Morgan fingerprint density at radius 1 is 0.932 bits per heavy atom. The summed E-state index contributed by atoms with van der Waals surface area (Å²) < 4.78 is 25.9. The topological polar surface area (TPSA) is 154 Å². The van der Waals surface area contributed by atoms with Crippen LogP contribution >= 0.6 is 0 Å². The molecule has 2 saturated carbocycles. The monoisotopic (exact) mass is 838 g/mol. The van der Waals surface area contributed by atoms with Crippen LogP contribution in [-0.2, 0) is 37.1 Å². The number of sulfone groups is 1. The summed E-state index contributed by atoms with van der Waals surface area (Å²) in [7, 11) is -3.57. The van der Waals surface area contributed by atoms with Crippen LogP contribution in [0.25, 0.3) is 0 Å². The van der Waals surface area contributed by atoms with Crippen molar-refractivity contribution in [3.63, 3.8) is 0 Å². The van der Waals surface area contributed by atoms with E-state index in [4.69, 9.17) is 0 Å². The Hall–Kier alpha value is -3.67. The van der Waals surface area contributed by atoms with Crippen molar-refractivity contribution >= 4 is 33.6 Å². The van der Waals surface area contributed by atoms with Crippen LogP contribution in [0.4, 0.5) is 4.79 Å². The normalized spacial score (nSPS) is 20.6. The van der Waals surface area contributed by atoms with Crippen molar-refractivity contribution in [3.05, 3.63) is 59.7 Å². The molecule has 59 heavy (non-hydrogen) atoms. The summed E-state index contributed by atoms with van der Waals surface area (Å²) in [4.78, 5) is 57.9. The molecule has 2 aliphatic carbocycles. The molecule has 4 atom stereocenters. The number of carbonyl (C=O) groups excluding carboxylic acids is 4. The second kappa shape index (κ2) is 20.3. The van der Waals surface area contributed by atoms with Gasteiger partial charge in [-0.25, -0.2) is 13.2 Å². The molecule has 5 amide bonds. The number of urea groups is 1. The van der Waals surface area contributed by atoms with Crippen LogP contribution in [0.3, 0.4) is 0 Å². The maximum Gasteiger partial charge on any atom is 0.315 e. The predicted molar refractivity (Wildman–Crippen MR) is 238 cm³/mol. The lowest BCUT2D eigenvalue weighted by Crippen LogP contribution is -2.63. The lowest BCUT2D eigenvalue weighted by molar-refractivity contribution is -0.142. The number of rotatable bonds is 19. The molecular weight excluding hydrogens is 763 g/mol. The minimum Gasteiger partial charge on any atom is -0.350 e. The first-order valence-electron chi connectivity index (χ1n) is 22.2. The fourth-order valence-corrected chi connectivity index (χ4v) is 10.2. The molecule has 0 aromatic heterocycles. The van der Waals surface area contributed by atoms with Gasteiger partial charge in [0.25, 0.3) is 0 Å². The first-order chi connectivity index (χ1) is 27.6. The van der Waals surface area contributed by atoms with Crippen molar-refractivity contribution in [2.45, 2.75) is 186 Å². The van der Waals surface area contributed by atoms with E-state index in [1.165, 1.54) is 11.1 Å². The van der Waals surface area contributed by atoms with E-state index in [1.54, 1.807) is 25.7 Å². The summed E-state index contributed by atoms with van der Waals surface area (Å²) in [5, 5.41) is 12.1. The van der Waals surface area contributed by atoms with Gasteiger partial charge in [0.05, 0.1) is 22.1 Å². The van der Waals surface area contributed by atoms with Gasteiger partial charge in [-0.15, -0.1) is 0 Å². The number of carbonyl (C=O) groups is 4. The number of hydrogen-bond donors (Lipinski definition) is 4. The molecule has 0 spiro atoms. The van der Waals surface area contributed by atoms with Gasteiger partial charge in [-0.3, -0.25) is 14.4 Å². The van der Waals surface area contributed by atoms with Crippen LogP contribution in [0, 0.1) is 11.3 Å². The standard InChI is InChI=1S/C47H75N5O6S/c1-11-19-38(33(4)41(53)48-37-24-25-37)49-42(54)39-29-34(28-32(3)20-18-23-36-22-15-14-21-35(36)12-2)30-52(39)43(55)40(45(5,6)7)50-44(56)51-47(26-16-13-17-27-47)31-59(57,58)46(8,9)10/h14-15,21-22,34,37-40H,3-4,11-13,16-20,23-31H2,1-2,5-10H3,(H,48,53)(H,49,54)(H2,50,51,56). The molecule has 3 fully saturated rings. The predicted octanol–water partition coefficient (Wildman–Crippen LogP) is 7.48. The van der Waals surface area contributed by atoms with Crippen molar-refractivity contribution in [2.75, 3.05) is 12.3 Å². The molecular formula is C47H75N5O6S. The smallest absolute Gasteiger partial charge is 0.315 e. The van der Waals surface area contributed by atoms with E-state index in [0.717, 1.165) is 63.4 Å². The fraction of sp³-hybridized carbons (Fsp3) is 0.702. The van der Waals surface area contributed by atoms with Gasteiger partial charge in [-0.05, 0) is 114 Å². The number of aryl methyl sites for hydroxylation is 2. The van der Waals surface area contributed by atoms with Gasteiger partial charge in [0.1, 0.15) is 12.1 Å². The number of likely N-dealkylation sites (tertiary alicyclic amines) is 1. The van der Waals surface area contributed by atoms with E-state index >= 15 is 0 Å². The van der Waals surface area contributed by atoms with E-state index in [2.05, 4.69) is 65.6 Å². The summed E-state index contributed by atoms with van der Waals surface area (Å²) in [6.07, 6.45) is 11.4. The van der Waals surface area contributed by atoms with Crippen LogP contribution in [0.5, 0.6) is 0 Å². The molecule has 4 rings (SSSR count). The molecule has 3 aliphatic rings. The minimum absolute atomic E-state index is 0.0429. The average Bonchev–Trinajstić information content (AvgIpc) is 3.87. The largest absolute Gasteiger partial charge is 0.350 e. The van der Waals surface area contributed by atoms with Crippen LogP contribution < -0.4 is 21.3 Å². The second-order valence-electron chi connectivity index (χ2n) is 19.8. The summed E-state index contributed by atoms with van der Waals surface area (Å²) in [5.41, 5.74) is 2.35. The van der Waals surface area contributed by atoms with Crippen LogP contribution in [0.1, 0.15) is 150 Å². The van der Waals surface area contributed by atoms with E-state index in [9.17, 15) is 27.6 Å². The van der Waals surface area contributed by atoms with E-state index in [-0.39, 0.29) is 35.4 Å². The molecule has 12 heteroatoms. The molecule has 4 unspecified atom stereocenters. The number of allylic oxidation sites excluding steroid dienone is 1. The Labute approximate surface area is 355 Å². The molecule has 11 nitrogen and oxygen atoms in total. The maximum atomic E-state index is 14.9. The molecule has 0 bridgehead atoms. The third kappa shape index (κ3) is 13.4. The van der Waals surface area contributed by atoms with Gasteiger partial charge in [0.2, 0.25) is 17.7 Å². The van der Waals surface area contributed by atoms with Gasteiger partial charge in [-0.1, -0.05) is 103 Å². The highest BCUT2D eigenvalue weighted by atomic mass is 32.2. The van der Waals surface area contributed by atoms with E-state index in [0.29, 0.717) is 50.6 Å². The summed E-state index contributed by atoms with van der Waals surface area (Å²) in [5.74, 6) is -1.23. The molecule has 1 heterocycles. The number of nitrogens with one attached hydrogen (secondary N) is 4. The molecule has 0 radical (unpaired) electrons. The minimum atomic E-state index is -3.57. The Morgan fingerprint density at radius 2 is 1.58 bits per heavy atom. The summed E-state index contributed by atoms with van der Waals surface area (Å²) in [6, 6.07) is 5.60.